The molecule has 2 rings (SSSR count). The average Bonchev–Trinajstić information content (AvgIpc) is 2.34. The molecule has 2 aromatic rings. The van der Waals surface area contributed by atoms with E-state index in [-0.39, 0.29) is 0 Å². The van der Waals surface area contributed by atoms with Crippen LogP contribution in [0.5, 0.6) is 0 Å². The van der Waals surface area contributed by atoms with E-state index < -0.39 is 0 Å². The van der Waals surface area contributed by atoms with Crippen molar-refractivity contribution in [1.82, 2.24) is 0 Å². The van der Waals surface area contributed by atoms with E-state index in [1.807, 2.05) is 18.2 Å². The molecule has 1 nitrogen and oxygen atoms in total. The van der Waals surface area contributed by atoms with Crippen LogP contribution in [0.25, 0.3) is 0 Å². The molecule has 17 heavy (non-hydrogen) atoms. The Morgan fingerprint density at radius 3 is 2.29 bits per heavy atom. The highest BCUT2D eigenvalue weighted by Gasteiger charge is 1.99. The van der Waals surface area contributed by atoms with Gasteiger partial charge >= 0.3 is 0 Å². The molecule has 0 fully saturated rings. The lowest BCUT2D eigenvalue weighted by molar-refractivity contribution is 1.34. The second kappa shape index (κ2) is 4.96. The number of aryl methyl sites for hydroxylation is 2. The number of benzene rings is 2. The zero-order valence-electron chi connectivity index (χ0n) is 10.6. The fourth-order valence-corrected chi connectivity index (χ4v) is 1.86. The number of hydrogen-bond acceptors (Lipinski definition) is 1. The third-order valence-electron chi connectivity index (χ3n) is 2.83. The summed E-state index contributed by atoms with van der Waals surface area (Å²) < 4.78 is 0. The van der Waals surface area contributed by atoms with Crippen molar-refractivity contribution in [2.75, 3.05) is 0 Å². The lowest BCUT2D eigenvalue weighted by atomic mass is 10.1. The Morgan fingerprint density at radius 1 is 0.941 bits per heavy atom. The molecule has 0 aliphatic rings. The molecular weight excluding hydrogens is 206 g/mol. The zero-order valence-corrected chi connectivity index (χ0v) is 10.6. The molecule has 0 N–H and O–H groups in total. The molecule has 0 saturated heterocycles. The third kappa shape index (κ3) is 2.82. The predicted octanol–water partition coefficient (Wildman–Crippen LogP) is 4.44. The largest absolute Gasteiger partial charge is 0.253 e. The molecule has 0 aliphatic carbocycles. The van der Waals surface area contributed by atoms with E-state index in [2.05, 4.69) is 56.1 Å². The molecule has 2 aromatic carbocycles. The molecule has 0 amide bonds. The summed E-state index contributed by atoms with van der Waals surface area (Å²) in [5.41, 5.74) is 5.78. The Bertz CT molecular complexity index is 539. The molecule has 0 aromatic heterocycles. The summed E-state index contributed by atoms with van der Waals surface area (Å²) in [6.45, 7) is 6.25. The van der Waals surface area contributed by atoms with Gasteiger partial charge in [0.25, 0.3) is 0 Å². The molecule has 0 radical (unpaired) electrons. The maximum absolute atomic E-state index is 4.69. The van der Waals surface area contributed by atoms with E-state index in [4.69, 9.17) is 0 Å². The van der Waals surface area contributed by atoms with Gasteiger partial charge in [-0.3, -0.25) is 4.99 Å². The van der Waals surface area contributed by atoms with Gasteiger partial charge in [-0.25, -0.2) is 0 Å². The van der Waals surface area contributed by atoms with E-state index in [1.54, 1.807) is 0 Å². The van der Waals surface area contributed by atoms with Crippen molar-refractivity contribution in [2.24, 2.45) is 4.99 Å². The van der Waals surface area contributed by atoms with Crippen molar-refractivity contribution in [3.8, 4) is 0 Å². The summed E-state index contributed by atoms with van der Waals surface area (Å²) in [4.78, 5) is 4.69. The second-order valence-electron chi connectivity index (χ2n) is 4.35. The molecule has 0 atom stereocenters. The lowest BCUT2D eigenvalue weighted by Crippen LogP contribution is -1.93. The number of rotatable bonds is 2. The van der Waals surface area contributed by atoms with Crippen molar-refractivity contribution in [3.05, 3.63) is 65.2 Å². The van der Waals surface area contributed by atoms with Gasteiger partial charge in [-0.05, 0) is 38.0 Å². The van der Waals surface area contributed by atoms with Gasteiger partial charge in [-0.1, -0.05) is 48.0 Å². The van der Waals surface area contributed by atoms with Gasteiger partial charge in [0.05, 0.1) is 5.69 Å². The van der Waals surface area contributed by atoms with Crippen molar-refractivity contribution >= 4 is 11.4 Å². The molecule has 0 spiro atoms. The van der Waals surface area contributed by atoms with Gasteiger partial charge in [0.2, 0.25) is 0 Å². The van der Waals surface area contributed by atoms with E-state index in [0.717, 1.165) is 11.4 Å². The first-order valence-corrected chi connectivity index (χ1v) is 5.85. The summed E-state index contributed by atoms with van der Waals surface area (Å²) in [5, 5.41) is 0. The van der Waals surface area contributed by atoms with Crippen LogP contribution in [0.2, 0.25) is 0 Å². The van der Waals surface area contributed by atoms with Crippen molar-refractivity contribution in [1.29, 1.82) is 0 Å². The Kier molecular flexibility index (Phi) is 3.38. The summed E-state index contributed by atoms with van der Waals surface area (Å²) in [6.07, 6.45) is 0. The van der Waals surface area contributed by atoms with Crippen LogP contribution in [0, 0.1) is 13.8 Å². The van der Waals surface area contributed by atoms with Gasteiger partial charge in [-0.15, -0.1) is 0 Å². The molecular formula is C16H17N. The van der Waals surface area contributed by atoms with Crippen LogP contribution in [0.3, 0.4) is 0 Å². The highest BCUT2D eigenvalue weighted by molar-refractivity contribution is 6.00. The first-order valence-electron chi connectivity index (χ1n) is 5.85. The van der Waals surface area contributed by atoms with Crippen molar-refractivity contribution in [2.45, 2.75) is 20.8 Å². The van der Waals surface area contributed by atoms with Crippen LogP contribution in [-0.2, 0) is 0 Å². The molecule has 1 heteroatoms. The standard InChI is InChI=1S/C16H17N/c1-12-9-10-16(13(2)11-12)17-14(3)15-7-5-4-6-8-15/h4-11H,1-3H3. The number of aliphatic imine (C=N–C) groups is 1. The van der Waals surface area contributed by atoms with Gasteiger partial charge in [0.1, 0.15) is 0 Å². The topological polar surface area (TPSA) is 12.4 Å². The fraction of sp³-hybridized carbons (Fsp3) is 0.188. The van der Waals surface area contributed by atoms with Crippen LogP contribution in [0.4, 0.5) is 5.69 Å². The highest BCUT2D eigenvalue weighted by Crippen LogP contribution is 2.20. The molecule has 0 unspecified atom stereocenters. The van der Waals surface area contributed by atoms with Crippen molar-refractivity contribution in [3.63, 3.8) is 0 Å². The number of hydrogen-bond donors (Lipinski definition) is 0. The van der Waals surface area contributed by atoms with Crippen LogP contribution in [0.15, 0.2) is 53.5 Å². The smallest absolute Gasteiger partial charge is 0.0662 e. The SMILES string of the molecule is CC(=Nc1ccc(C)cc1C)c1ccccc1. The normalized spacial score (nSPS) is 11.6. The minimum absolute atomic E-state index is 1.05. The minimum atomic E-state index is 1.05. The lowest BCUT2D eigenvalue weighted by Gasteiger charge is -2.04. The number of nitrogens with zero attached hydrogens (tertiary/aromatic N) is 1. The predicted molar refractivity (Wildman–Crippen MR) is 74.2 cm³/mol. The van der Waals surface area contributed by atoms with E-state index in [9.17, 15) is 0 Å². The summed E-state index contributed by atoms with van der Waals surface area (Å²) >= 11 is 0. The molecule has 86 valence electrons. The fourth-order valence-electron chi connectivity index (χ4n) is 1.86. The Balaban J connectivity index is 2.36. The van der Waals surface area contributed by atoms with Crippen LogP contribution >= 0.6 is 0 Å². The molecule has 0 saturated carbocycles. The first kappa shape index (κ1) is 11.6. The quantitative estimate of drug-likeness (QED) is 0.667. The summed E-state index contributed by atoms with van der Waals surface area (Å²) in [5.74, 6) is 0. The van der Waals surface area contributed by atoms with Gasteiger partial charge in [-0.2, -0.15) is 0 Å². The maximum Gasteiger partial charge on any atom is 0.0662 e. The minimum Gasteiger partial charge on any atom is -0.253 e. The summed E-state index contributed by atoms with van der Waals surface area (Å²) in [6, 6.07) is 16.6. The second-order valence-corrected chi connectivity index (χ2v) is 4.35. The highest BCUT2D eigenvalue weighted by atomic mass is 14.7. The molecule has 0 heterocycles. The zero-order chi connectivity index (χ0) is 12.3. The van der Waals surface area contributed by atoms with Gasteiger partial charge in [0.15, 0.2) is 0 Å². The average molecular weight is 223 g/mol. The summed E-state index contributed by atoms with van der Waals surface area (Å²) in [7, 11) is 0. The molecule has 0 bridgehead atoms. The van der Waals surface area contributed by atoms with E-state index in [0.29, 0.717) is 0 Å². The monoisotopic (exact) mass is 223 g/mol. The third-order valence-corrected chi connectivity index (χ3v) is 2.83. The Morgan fingerprint density at radius 2 is 1.65 bits per heavy atom. The van der Waals surface area contributed by atoms with Crippen molar-refractivity contribution < 1.29 is 0 Å². The first-order chi connectivity index (χ1) is 8.16. The van der Waals surface area contributed by atoms with Gasteiger partial charge in [0, 0.05) is 5.71 Å². The maximum atomic E-state index is 4.69. The Labute approximate surface area is 103 Å². The van der Waals surface area contributed by atoms with Crippen LogP contribution in [-0.4, -0.2) is 5.71 Å². The molecule has 0 aliphatic heterocycles. The van der Waals surface area contributed by atoms with Crippen LogP contribution in [0.1, 0.15) is 23.6 Å². The van der Waals surface area contributed by atoms with E-state index >= 15 is 0 Å². The van der Waals surface area contributed by atoms with Gasteiger partial charge < -0.3 is 0 Å². The Hall–Kier alpha value is -1.89. The van der Waals surface area contributed by atoms with Crippen LogP contribution < -0.4 is 0 Å². The van der Waals surface area contributed by atoms with E-state index in [1.165, 1.54) is 16.7 Å².